The topological polar surface area (TPSA) is 96.2 Å². The van der Waals surface area contributed by atoms with Crippen molar-refractivity contribution in [3.05, 3.63) is 58.1 Å². The molecule has 9 heteroatoms. The third-order valence-corrected chi connectivity index (χ3v) is 4.98. The minimum Gasteiger partial charge on any atom is -0.490 e. The lowest BCUT2D eigenvalue weighted by molar-refractivity contribution is -0.385. The molecule has 1 aliphatic rings. The number of hydrogen-bond donors (Lipinski definition) is 0. The van der Waals surface area contributed by atoms with Crippen molar-refractivity contribution < 1.29 is 19.2 Å². The molecule has 0 saturated heterocycles. The van der Waals surface area contributed by atoms with Gasteiger partial charge < -0.3 is 4.74 Å². The molecule has 0 N–H and O–H groups in total. The number of carbonyl (C=O) groups excluding carboxylic acids is 2. The second kappa shape index (κ2) is 7.88. The van der Waals surface area contributed by atoms with Crippen LogP contribution in [0.25, 0.3) is 0 Å². The van der Waals surface area contributed by atoms with E-state index in [2.05, 4.69) is 0 Å². The van der Waals surface area contributed by atoms with Gasteiger partial charge in [0, 0.05) is 17.7 Å². The fraction of sp³-hybridized carbons (Fsp3) is 0.300. The van der Waals surface area contributed by atoms with Crippen molar-refractivity contribution >= 4 is 28.9 Å². The zero-order valence-corrected chi connectivity index (χ0v) is 16.7. The van der Waals surface area contributed by atoms with Crippen LogP contribution >= 0.6 is 0 Å². The molecule has 1 unspecified atom stereocenters. The summed E-state index contributed by atoms with van der Waals surface area (Å²) in [5.41, 5.74) is 1.20. The average molecular weight is 398 g/mol. The first-order valence-corrected chi connectivity index (χ1v) is 8.98. The molecule has 9 nitrogen and oxygen atoms in total. The number of methoxy groups -OCH3 is 1. The van der Waals surface area contributed by atoms with E-state index < -0.39 is 10.8 Å². The van der Waals surface area contributed by atoms with E-state index in [1.165, 1.54) is 30.2 Å². The van der Waals surface area contributed by atoms with Gasteiger partial charge in [0.2, 0.25) is 5.91 Å². The van der Waals surface area contributed by atoms with Gasteiger partial charge in [0.25, 0.3) is 5.91 Å². The van der Waals surface area contributed by atoms with E-state index in [4.69, 9.17) is 4.74 Å². The van der Waals surface area contributed by atoms with Crippen LogP contribution in [-0.4, -0.2) is 55.6 Å². The number of benzene rings is 2. The number of rotatable bonds is 5. The number of carbonyl (C=O) groups is 2. The summed E-state index contributed by atoms with van der Waals surface area (Å²) in [5, 5.41) is 11.1. The number of anilines is 2. The average Bonchev–Trinajstić information content (AvgIpc) is 2.71. The molecule has 0 radical (unpaired) electrons. The van der Waals surface area contributed by atoms with Gasteiger partial charge >= 0.3 is 5.69 Å². The molecular weight excluding hydrogens is 376 g/mol. The van der Waals surface area contributed by atoms with Crippen molar-refractivity contribution in [1.82, 2.24) is 4.90 Å². The van der Waals surface area contributed by atoms with Gasteiger partial charge in [0.05, 0.1) is 29.6 Å². The van der Waals surface area contributed by atoms with Gasteiger partial charge in [0.1, 0.15) is 6.54 Å². The number of fused-ring (bicyclic) bond motifs is 1. The summed E-state index contributed by atoms with van der Waals surface area (Å²) in [6, 6.07) is 11.1. The Morgan fingerprint density at radius 1 is 1.21 bits per heavy atom. The van der Waals surface area contributed by atoms with Gasteiger partial charge in [-0.25, -0.2) is 0 Å². The molecular formula is C20H22N4O5. The molecule has 0 fully saturated rings. The van der Waals surface area contributed by atoms with Gasteiger partial charge in [0.15, 0.2) is 5.75 Å². The van der Waals surface area contributed by atoms with Crippen molar-refractivity contribution in [1.29, 1.82) is 0 Å². The van der Waals surface area contributed by atoms with Crippen LogP contribution in [0, 0.1) is 10.1 Å². The van der Waals surface area contributed by atoms with E-state index in [1.54, 1.807) is 23.1 Å². The highest BCUT2D eigenvalue weighted by Gasteiger charge is 2.36. The molecule has 1 atom stereocenters. The lowest BCUT2D eigenvalue weighted by atomic mass is 10.1. The molecule has 1 aliphatic heterocycles. The van der Waals surface area contributed by atoms with E-state index >= 15 is 0 Å². The third-order valence-electron chi connectivity index (χ3n) is 4.98. The summed E-state index contributed by atoms with van der Waals surface area (Å²) < 4.78 is 5.06. The Hall–Kier alpha value is -3.46. The van der Waals surface area contributed by atoms with Gasteiger partial charge in [-0.3, -0.25) is 34.4 Å². The highest BCUT2D eigenvalue weighted by atomic mass is 16.6. The lowest BCUT2D eigenvalue weighted by Gasteiger charge is -2.41. The number of para-hydroxylation sites is 2. The van der Waals surface area contributed by atoms with Gasteiger partial charge in [-0.15, -0.1) is 0 Å². The molecule has 3 rings (SSSR count). The summed E-state index contributed by atoms with van der Waals surface area (Å²) in [7, 11) is 5.05. The van der Waals surface area contributed by atoms with E-state index in [0.29, 0.717) is 11.4 Å². The maximum Gasteiger partial charge on any atom is 0.310 e. The van der Waals surface area contributed by atoms with Gasteiger partial charge in [-0.2, -0.15) is 0 Å². The molecule has 0 saturated carbocycles. The van der Waals surface area contributed by atoms with Crippen molar-refractivity contribution in [2.75, 3.05) is 37.5 Å². The highest BCUT2D eigenvalue weighted by molar-refractivity contribution is 6.16. The quantitative estimate of drug-likeness (QED) is 0.567. The van der Waals surface area contributed by atoms with Crippen molar-refractivity contribution in [2.24, 2.45) is 0 Å². The molecule has 0 spiro atoms. The van der Waals surface area contributed by atoms with Crippen LogP contribution in [0.5, 0.6) is 5.75 Å². The molecule has 2 aromatic carbocycles. The lowest BCUT2D eigenvalue weighted by Crippen LogP contribution is -2.54. The Bertz CT molecular complexity index is 975. The van der Waals surface area contributed by atoms with Gasteiger partial charge in [-0.1, -0.05) is 12.1 Å². The first-order valence-electron chi connectivity index (χ1n) is 8.98. The SMILES string of the molecule is COc1cc(C(=O)N2CC(=O)N(C(C)N(C)C)c3ccccc32)ccc1[N+](=O)[O-]. The minimum atomic E-state index is -0.576. The van der Waals surface area contributed by atoms with Crippen molar-refractivity contribution in [2.45, 2.75) is 13.1 Å². The fourth-order valence-corrected chi connectivity index (χ4v) is 3.27. The number of nitrogens with zero attached hydrogens (tertiary/aromatic N) is 4. The largest absolute Gasteiger partial charge is 0.490 e. The molecule has 152 valence electrons. The van der Waals surface area contributed by atoms with Crippen LogP contribution in [0.4, 0.5) is 17.1 Å². The Kier molecular flexibility index (Phi) is 5.51. The minimum absolute atomic E-state index is 0.0136. The number of amides is 2. The number of hydrogen-bond acceptors (Lipinski definition) is 6. The standard InChI is InChI=1S/C20H22N4O5/c1-13(21(2)3)23-16-8-6-5-7-15(16)22(12-19(23)25)20(26)14-9-10-17(24(27)28)18(11-14)29-4/h5-11,13H,12H2,1-4H3. The molecule has 0 aromatic heterocycles. The van der Waals surface area contributed by atoms with Crippen LogP contribution in [0.15, 0.2) is 42.5 Å². The van der Waals surface area contributed by atoms with Gasteiger partial charge in [-0.05, 0) is 39.2 Å². The fourth-order valence-electron chi connectivity index (χ4n) is 3.27. The first-order chi connectivity index (χ1) is 13.8. The summed E-state index contributed by atoms with van der Waals surface area (Å²) >= 11 is 0. The van der Waals surface area contributed by atoms with E-state index in [9.17, 15) is 19.7 Å². The summed E-state index contributed by atoms with van der Waals surface area (Å²) in [6.45, 7) is 1.78. The van der Waals surface area contributed by atoms with Crippen LogP contribution in [-0.2, 0) is 4.79 Å². The van der Waals surface area contributed by atoms with Crippen LogP contribution in [0.1, 0.15) is 17.3 Å². The Morgan fingerprint density at radius 3 is 2.45 bits per heavy atom. The highest BCUT2D eigenvalue weighted by Crippen LogP contribution is 2.36. The summed E-state index contributed by atoms with van der Waals surface area (Å²) in [5.74, 6) is -0.663. The van der Waals surface area contributed by atoms with Crippen LogP contribution < -0.4 is 14.5 Å². The Labute approximate surface area is 168 Å². The number of nitro groups is 1. The van der Waals surface area contributed by atoms with E-state index in [-0.39, 0.29) is 35.6 Å². The maximum absolute atomic E-state index is 13.2. The number of ether oxygens (including phenoxy) is 1. The van der Waals surface area contributed by atoms with Crippen molar-refractivity contribution in [3.8, 4) is 5.75 Å². The van der Waals surface area contributed by atoms with E-state index in [1.807, 2.05) is 32.0 Å². The van der Waals surface area contributed by atoms with Crippen LogP contribution in [0.2, 0.25) is 0 Å². The zero-order valence-electron chi connectivity index (χ0n) is 16.7. The molecule has 2 amide bonds. The van der Waals surface area contributed by atoms with Crippen LogP contribution in [0.3, 0.4) is 0 Å². The zero-order chi connectivity index (χ0) is 21.3. The number of nitro benzene ring substituents is 1. The summed E-state index contributed by atoms with van der Waals surface area (Å²) in [6.07, 6.45) is -0.194. The Morgan fingerprint density at radius 2 is 1.86 bits per heavy atom. The molecule has 0 aliphatic carbocycles. The Balaban J connectivity index is 2.03. The summed E-state index contributed by atoms with van der Waals surface area (Å²) in [4.78, 5) is 41.6. The third kappa shape index (κ3) is 3.64. The predicted molar refractivity (Wildman–Crippen MR) is 108 cm³/mol. The molecule has 29 heavy (non-hydrogen) atoms. The normalized spacial score (nSPS) is 14.6. The monoisotopic (exact) mass is 398 g/mol. The second-order valence-electron chi connectivity index (χ2n) is 6.88. The molecule has 0 bridgehead atoms. The smallest absolute Gasteiger partial charge is 0.310 e. The van der Waals surface area contributed by atoms with Crippen molar-refractivity contribution in [3.63, 3.8) is 0 Å². The molecule has 2 aromatic rings. The molecule has 1 heterocycles. The second-order valence-corrected chi connectivity index (χ2v) is 6.88. The van der Waals surface area contributed by atoms with E-state index in [0.717, 1.165) is 0 Å². The maximum atomic E-state index is 13.2. The predicted octanol–water partition coefficient (Wildman–Crippen LogP) is 2.50. The first kappa shape index (κ1) is 20.3.